The van der Waals surface area contributed by atoms with Crippen LogP contribution in [0.5, 0.6) is 0 Å². The van der Waals surface area contributed by atoms with E-state index in [4.69, 9.17) is 4.98 Å². The van der Waals surface area contributed by atoms with Gasteiger partial charge in [0.25, 0.3) is 5.91 Å². The summed E-state index contributed by atoms with van der Waals surface area (Å²) in [6.07, 6.45) is 3.45. The lowest BCUT2D eigenvalue weighted by Crippen LogP contribution is -2.23. The standard InChI is InChI=1S/C31H31FN6O/c1-31(2,3)22-10-8-19(9-11-22)30(39)35-17-21-7-6-20(16-25(21)32)24-14-15-33-29-27(24)36-28(37-29)26-13-12-23(18-34-26)38(4)5/h6-16,18H,17H2,1-5H3,(H,35,39)(H,33,36,37). The van der Waals surface area contributed by atoms with Crippen LogP contribution in [-0.4, -0.2) is 39.9 Å². The highest BCUT2D eigenvalue weighted by Crippen LogP contribution is 2.30. The molecule has 0 saturated heterocycles. The second-order valence-electron chi connectivity index (χ2n) is 10.8. The third-order valence-corrected chi connectivity index (χ3v) is 6.71. The molecule has 198 valence electrons. The lowest BCUT2D eigenvalue weighted by Gasteiger charge is -2.19. The molecule has 0 aliphatic rings. The molecular weight excluding hydrogens is 491 g/mol. The van der Waals surface area contributed by atoms with Crippen molar-refractivity contribution in [2.24, 2.45) is 0 Å². The van der Waals surface area contributed by atoms with E-state index in [2.05, 4.69) is 41.0 Å². The number of aromatic amines is 1. The minimum absolute atomic E-state index is 0.00614. The molecule has 0 bridgehead atoms. The second-order valence-corrected chi connectivity index (χ2v) is 10.8. The number of benzene rings is 2. The fourth-order valence-corrected chi connectivity index (χ4v) is 4.31. The van der Waals surface area contributed by atoms with Crippen LogP contribution in [0.15, 0.2) is 73.1 Å². The van der Waals surface area contributed by atoms with Crippen molar-refractivity contribution in [3.05, 3.63) is 95.6 Å². The number of anilines is 1. The molecule has 5 rings (SSSR count). The summed E-state index contributed by atoms with van der Waals surface area (Å²) in [5, 5.41) is 2.82. The Balaban J connectivity index is 1.34. The van der Waals surface area contributed by atoms with E-state index in [0.717, 1.165) is 16.8 Å². The molecule has 3 heterocycles. The van der Waals surface area contributed by atoms with Crippen molar-refractivity contribution in [1.82, 2.24) is 25.3 Å². The largest absolute Gasteiger partial charge is 0.376 e. The molecule has 8 heteroatoms. The SMILES string of the molecule is CN(C)c1ccc(-c2nc3c(-c4ccc(CNC(=O)c5ccc(C(C)(C)C)cc5)c(F)c4)ccnc3[nH]2)nc1. The van der Waals surface area contributed by atoms with Gasteiger partial charge in [-0.15, -0.1) is 0 Å². The lowest BCUT2D eigenvalue weighted by atomic mass is 9.87. The quantitative estimate of drug-likeness (QED) is 0.281. The molecule has 0 radical (unpaired) electrons. The highest BCUT2D eigenvalue weighted by Gasteiger charge is 2.16. The number of fused-ring (bicyclic) bond motifs is 1. The van der Waals surface area contributed by atoms with Gasteiger partial charge in [-0.05, 0) is 52.9 Å². The summed E-state index contributed by atoms with van der Waals surface area (Å²) in [4.78, 5) is 31.5. The summed E-state index contributed by atoms with van der Waals surface area (Å²) in [6.45, 7) is 6.45. The molecule has 1 amide bonds. The normalized spacial score (nSPS) is 11.5. The van der Waals surface area contributed by atoms with Crippen LogP contribution in [-0.2, 0) is 12.0 Å². The van der Waals surface area contributed by atoms with E-state index in [1.807, 2.05) is 55.4 Å². The molecule has 0 saturated carbocycles. The van der Waals surface area contributed by atoms with Gasteiger partial charge in [-0.25, -0.2) is 14.4 Å². The molecule has 0 aliphatic carbocycles. The molecule has 0 spiro atoms. The fourth-order valence-electron chi connectivity index (χ4n) is 4.31. The van der Waals surface area contributed by atoms with E-state index >= 15 is 4.39 Å². The highest BCUT2D eigenvalue weighted by molar-refractivity contribution is 5.94. The topological polar surface area (TPSA) is 86.8 Å². The number of nitrogens with one attached hydrogen (secondary N) is 2. The lowest BCUT2D eigenvalue weighted by molar-refractivity contribution is 0.0950. The summed E-state index contributed by atoms with van der Waals surface area (Å²) < 4.78 is 15.1. The zero-order chi connectivity index (χ0) is 27.7. The van der Waals surface area contributed by atoms with E-state index < -0.39 is 5.82 Å². The predicted molar refractivity (Wildman–Crippen MR) is 153 cm³/mol. The van der Waals surface area contributed by atoms with Crippen LogP contribution in [0.1, 0.15) is 42.3 Å². The number of carbonyl (C=O) groups is 1. The Bertz CT molecular complexity index is 1630. The Labute approximate surface area is 227 Å². The number of carbonyl (C=O) groups excluding carboxylic acids is 1. The fraction of sp³-hybridized carbons (Fsp3) is 0.226. The maximum absolute atomic E-state index is 15.1. The minimum Gasteiger partial charge on any atom is -0.376 e. The molecule has 0 fully saturated rings. The van der Waals surface area contributed by atoms with Crippen LogP contribution in [0.3, 0.4) is 0 Å². The molecule has 3 aromatic heterocycles. The molecule has 7 nitrogen and oxygen atoms in total. The molecule has 0 unspecified atom stereocenters. The predicted octanol–water partition coefficient (Wildman–Crippen LogP) is 6.12. The third kappa shape index (κ3) is 5.50. The summed E-state index contributed by atoms with van der Waals surface area (Å²) >= 11 is 0. The third-order valence-electron chi connectivity index (χ3n) is 6.71. The maximum atomic E-state index is 15.1. The first-order chi connectivity index (χ1) is 18.6. The van der Waals surface area contributed by atoms with E-state index in [0.29, 0.717) is 39.4 Å². The Morgan fingerprint density at radius 3 is 2.41 bits per heavy atom. The Morgan fingerprint density at radius 2 is 1.77 bits per heavy atom. The van der Waals surface area contributed by atoms with Crippen LogP contribution < -0.4 is 10.2 Å². The number of hydrogen-bond donors (Lipinski definition) is 2. The molecule has 5 aromatic rings. The number of rotatable bonds is 6. The van der Waals surface area contributed by atoms with Crippen LogP contribution in [0.2, 0.25) is 0 Å². The second kappa shape index (κ2) is 10.3. The number of pyridine rings is 2. The number of amides is 1. The van der Waals surface area contributed by atoms with Gasteiger partial charge in [0.2, 0.25) is 0 Å². The van der Waals surface area contributed by atoms with E-state index in [-0.39, 0.29) is 17.9 Å². The summed E-state index contributed by atoms with van der Waals surface area (Å²) in [7, 11) is 3.91. The van der Waals surface area contributed by atoms with E-state index in [1.165, 1.54) is 6.07 Å². The maximum Gasteiger partial charge on any atom is 0.251 e. The zero-order valence-electron chi connectivity index (χ0n) is 22.7. The number of nitrogens with zero attached hydrogens (tertiary/aromatic N) is 4. The average molecular weight is 523 g/mol. The summed E-state index contributed by atoms with van der Waals surface area (Å²) in [6, 6.07) is 18.2. The van der Waals surface area contributed by atoms with Gasteiger partial charge in [0.15, 0.2) is 11.5 Å². The highest BCUT2D eigenvalue weighted by atomic mass is 19.1. The smallest absolute Gasteiger partial charge is 0.251 e. The number of aromatic nitrogens is 4. The number of imidazole rings is 1. The minimum atomic E-state index is -0.405. The van der Waals surface area contributed by atoms with Crippen LogP contribution in [0.4, 0.5) is 10.1 Å². The van der Waals surface area contributed by atoms with Crippen LogP contribution in [0, 0.1) is 5.82 Å². The van der Waals surface area contributed by atoms with Gasteiger partial charge in [0, 0.05) is 43.5 Å². The zero-order valence-corrected chi connectivity index (χ0v) is 22.7. The molecule has 2 aromatic carbocycles. The molecule has 2 N–H and O–H groups in total. The average Bonchev–Trinajstić information content (AvgIpc) is 3.36. The van der Waals surface area contributed by atoms with Gasteiger partial charge in [0.05, 0.1) is 11.9 Å². The first-order valence-corrected chi connectivity index (χ1v) is 12.8. The first kappa shape index (κ1) is 26.0. The van der Waals surface area contributed by atoms with Crippen molar-refractivity contribution < 1.29 is 9.18 Å². The molecule has 0 aliphatic heterocycles. The molecule has 0 atom stereocenters. The Kier molecular flexibility index (Phi) is 6.87. The van der Waals surface area contributed by atoms with Gasteiger partial charge in [-0.2, -0.15) is 0 Å². The van der Waals surface area contributed by atoms with Crippen molar-refractivity contribution in [2.45, 2.75) is 32.7 Å². The monoisotopic (exact) mass is 522 g/mol. The van der Waals surface area contributed by atoms with Gasteiger partial charge < -0.3 is 15.2 Å². The first-order valence-electron chi connectivity index (χ1n) is 12.8. The van der Waals surface area contributed by atoms with Crippen molar-refractivity contribution in [1.29, 1.82) is 0 Å². The Hall–Kier alpha value is -4.59. The van der Waals surface area contributed by atoms with Crippen LogP contribution in [0.25, 0.3) is 33.8 Å². The number of H-pyrrole nitrogens is 1. The van der Waals surface area contributed by atoms with Gasteiger partial charge in [-0.3, -0.25) is 9.78 Å². The van der Waals surface area contributed by atoms with Crippen molar-refractivity contribution in [2.75, 3.05) is 19.0 Å². The number of halogens is 1. The van der Waals surface area contributed by atoms with E-state index in [9.17, 15) is 4.79 Å². The van der Waals surface area contributed by atoms with E-state index in [1.54, 1.807) is 30.6 Å². The Morgan fingerprint density at radius 1 is 1.00 bits per heavy atom. The molecular formula is C31H31FN6O. The van der Waals surface area contributed by atoms with Crippen molar-refractivity contribution >= 4 is 22.8 Å². The van der Waals surface area contributed by atoms with Crippen molar-refractivity contribution in [3.63, 3.8) is 0 Å². The molecule has 39 heavy (non-hydrogen) atoms. The summed E-state index contributed by atoms with van der Waals surface area (Å²) in [5.74, 6) is -0.0609. The van der Waals surface area contributed by atoms with Crippen molar-refractivity contribution in [3.8, 4) is 22.6 Å². The summed E-state index contributed by atoms with van der Waals surface area (Å²) in [5.41, 5.74) is 6.41. The van der Waals surface area contributed by atoms with Gasteiger partial charge in [-0.1, -0.05) is 45.0 Å². The van der Waals surface area contributed by atoms with Gasteiger partial charge in [0.1, 0.15) is 17.0 Å². The van der Waals surface area contributed by atoms with Gasteiger partial charge >= 0.3 is 0 Å². The van der Waals surface area contributed by atoms with Crippen LogP contribution >= 0.6 is 0 Å². The number of hydrogen-bond acceptors (Lipinski definition) is 5.